The minimum atomic E-state index is 0.167. The van der Waals surface area contributed by atoms with E-state index in [2.05, 4.69) is 15.3 Å². The number of aliphatic hydroxyl groups is 1. The average Bonchev–Trinajstić information content (AvgIpc) is 2.63. The van der Waals surface area contributed by atoms with E-state index >= 15 is 0 Å². The Morgan fingerprint density at radius 2 is 2.43 bits per heavy atom. The Balaban J connectivity index is 2.17. The van der Waals surface area contributed by atoms with E-state index in [1.165, 1.54) is 5.56 Å². The number of pyridine rings is 1. The zero-order chi connectivity index (χ0) is 9.80. The molecule has 0 fully saturated rings. The predicted molar refractivity (Wildman–Crippen MR) is 54.9 cm³/mol. The van der Waals surface area contributed by atoms with Crippen LogP contribution in [-0.4, -0.2) is 28.2 Å². The number of fused-ring (bicyclic) bond motifs is 1. The van der Waals surface area contributed by atoms with Gasteiger partial charge in [-0.2, -0.15) is 0 Å². The molecule has 0 amide bonds. The summed E-state index contributed by atoms with van der Waals surface area (Å²) >= 11 is 0. The molecule has 14 heavy (non-hydrogen) atoms. The summed E-state index contributed by atoms with van der Waals surface area (Å²) in [5, 5.41) is 12.9. The van der Waals surface area contributed by atoms with E-state index < -0.39 is 0 Å². The van der Waals surface area contributed by atoms with Crippen LogP contribution in [0.5, 0.6) is 0 Å². The van der Waals surface area contributed by atoms with E-state index in [1.807, 2.05) is 18.3 Å². The SMILES string of the molecule is OCCNCc1c[nH]c2ncccc12. The second-order valence-corrected chi connectivity index (χ2v) is 3.11. The van der Waals surface area contributed by atoms with Gasteiger partial charge in [-0.15, -0.1) is 0 Å². The fourth-order valence-corrected chi connectivity index (χ4v) is 1.46. The molecule has 0 aliphatic carbocycles. The third-order valence-electron chi connectivity index (χ3n) is 2.14. The van der Waals surface area contributed by atoms with Crippen molar-refractivity contribution in [2.45, 2.75) is 6.54 Å². The molecule has 0 atom stereocenters. The molecule has 0 aliphatic heterocycles. The molecule has 2 aromatic rings. The van der Waals surface area contributed by atoms with Crippen LogP contribution in [0.15, 0.2) is 24.5 Å². The zero-order valence-electron chi connectivity index (χ0n) is 7.83. The lowest BCUT2D eigenvalue weighted by Crippen LogP contribution is -2.17. The maximum Gasteiger partial charge on any atom is 0.137 e. The highest BCUT2D eigenvalue weighted by molar-refractivity contribution is 5.79. The van der Waals surface area contributed by atoms with Gasteiger partial charge in [-0.3, -0.25) is 0 Å². The van der Waals surface area contributed by atoms with Gasteiger partial charge in [0.05, 0.1) is 6.61 Å². The van der Waals surface area contributed by atoms with E-state index in [-0.39, 0.29) is 6.61 Å². The molecule has 0 bridgehead atoms. The first kappa shape index (κ1) is 9.18. The van der Waals surface area contributed by atoms with E-state index in [0.717, 1.165) is 17.6 Å². The number of rotatable bonds is 4. The number of aromatic nitrogens is 2. The molecule has 3 N–H and O–H groups in total. The van der Waals surface area contributed by atoms with Crippen molar-refractivity contribution in [1.82, 2.24) is 15.3 Å². The van der Waals surface area contributed by atoms with Gasteiger partial charge in [-0.05, 0) is 17.7 Å². The molecule has 0 saturated carbocycles. The second kappa shape index (κ2) is 4.21. The Morgan fingerprint density at radius 3 is 3.29 bits per heavy atom. The summed E-state index contributed by atoms with van der Waals surface area (Å²) in [5.74, 6) is 0. The van der Waals surface area contributed by atoms with Gasteiger partial charge in [0, 0.05) is 30.9 Å². The first-order valence-corrected chi connectivity index (χ1v) is 4.64. The summed E-state index contributed by atoms with van der Waals surface area (Å²) in [6.45, 7) is 1.54. The van der Waals surface area contributed by atoms with Gasteiger partial charge < -0.3 is 15.4 Å². The lowest BCUT2D eigenvalue weighted by atomic mass is 10.2. The van der Waals surface area contributed by atoms with Crippen LogP contribution < -0.4 is 5.32 Å². The van der Waals surface area contributed by atoms with Gasteiger partial charge in [0.25, 0.3) is 0 Å². The van der Waals surface area contributed by atoms with Crippen molar-refractivity contribution >= 4 is 11.0 Å². The van der Waals surface area contributed by atoms with E-state index in [0.29, 0.717) is 6.54 Å². The fourth-order valence-electron chi connectivity index (χ4n) is 1.46. The topological polar surface area (TPSA) is 60.9 Å². The van der Waals surface area contributed by atoms with Gasteiger partial charge in [0.1, 0.15) is 5.65 Å². The van der Waals surface area contributed by atoms with Crippen molar-refractivity contribution in [2.75, 3.05) is 13.2 Å². The molecule has 74 valence electrons. The van der Waals surface area contributed by atoms with Gasteiger partial charge in [-0.25, -0.2) is 4.98 Å². The van der Waals surface area contributed by atoms with E-state index in [4.69, 9.17) is 5.11 Å². The summed E-state index contributed by atoms with van der Waals surface area (Å²) in [6, 6.07) is 3.96. The first-order chi connectivity index (χ1) is 6.92. The van der Waals surface area contributed by atoms with Crippen LogP contribution in [0, 0.1) is 0 Å². The van der Waals surface area contributed by atoms with Crippen molar-refractivity contribution in [3.63, 3.8) is 0 Å². The van der Waals surface area contributed by atoms with Gasteiger partial charge in [0.2, 0.25) is 0 Å². The van der Waals surface area contributed by atoms with Gasteiger partial charge in [0.15, 0.2) is 0 Å². The molecule has 0 aliphatic rings. The maximum absolute atomic E-state index is 8.63. The molecule has 4 heteroatoms. The first-order valence-electron chi connectivity index (χ1n) is 4.64. The summed E-state index contributed by atoms with van der Waals surface area (Å²) in [7, 11) is 0. The van der Waals surface area contributed by atoms with Crippen molar-refractivity contribution < 1.29 is 5.11 Å². The average molecular weight is 191 g/mol. The van der Waals surface area contributed by atoms with Crippen LogP contribution in [0.3, 0.4) is 0 Å². The molecule has 0 aromatic carbocycles. The molecule has 4 nitrogen and oxygen atoms in total. The summed E-state index contributed by atoms with van der Waals surface area (Å²) in [5.41, 5.74) is 2.09. The van der Waals surface area contributed by atoms with Crippen LogP contribution >= 0.6 is 0 Å². The van der Waals surface area contributed by atoms with Crippen LogP contribution in [0.1, 0.15) is 5.56 Å². The summed E-state index contributed by atoms with van der Waals surface area (Å²) in [4.78, 5) is 7.30. The monoisotopic (exact) mass is 191 g/mol. The third kappa shape index (κ3) is 1.76. The van der Waals surface area contributed by atoms with Crippen molar-refractivity contribution in [3.8, 4) is 0 Å². The number of aromatic amines is 1. The number of nitrogens with one attached hydrogen (secondary N) is 2. The summed E-state index contributed by atoms with van der Waals surface area (Å²) < 4.78 is 0. The standard InChI is InChI=1S/C10H13N3O/c14-5-4-11-6-8-7-13-10-9(8)2-1-3-12-10/h1-3,7,11,14H,4-6H2,(H,12,13). The molecule has 0 radical (unpaired) electrons. The number of hydrogen-bond acceptors (Lipinski definition) is 3. The number of hydrogen-bond donors (Lipinski definition) is 3. The third-order valence-corrected chi connectivity index (χ3v) is 2.14. The Bertz CT molecular complexity index is 410. The highest BCUT2D eigenvalue weighted by Gasteiger charge is 2.01. The highest BCUT2D eigenvalue weighted by Crippen LogP contribution is 2.14. The Hall–Kier alpha value is -1.39. The predicted octanol–water partition coefficient (Wildman–Crippen LogP) is 0.645. The molecule has 0 unspecified atom stereocenters. The smallest absolute Gasteiger partial charge is 0.137 e. The quantitative estimate of drug-likeness (QED) is 0.622. The van der Waals surface area contributed by atoms with Crippen LogP contribution in [-0.2, 0) is 6.54 Å². The Labute approximate surface area is 82.0 Å². The van der Waals surface area contributed by atoms with Crippen LogP contribution in [0.2, 0.25) is 0 Å². The molecule has 0 saturated heterocycles. The van der Waals surface area contributed by atoms with Crippen LogP contribution in [0.25, 0.3) is 11.0 Å². The van der Waals surface area contributed by atoms with Gasteiger partial charge in [-0.1, -0.05) is 0 Å². The number of nitrogens with zero attached hydrogens (tertiary/aromatic N) is 1. The van der Waals surface area contributed by atoms with Gasteiger partial charge >= 0.3 is 0 Å². The summed E-state index contributed by atoms with van der Waals surface area (Å²) in [6.07, 6.45) is 3.71. The lowest BCUT2D eigenvalue weighted by molar-refractivity contribution is 0.292. The normalized spacial score (nSPS) is 10.9. The minimum Gasteiger partial charge on any atom is -0.395 e. The molecule has 2 aromatic heterocycles. The maximum atomic E-state index is 8.63. The number of H-pyrrole nitrogens is 1. The lowest BCUT2D eigenvalue weighted by Gasteiger charge is -2.00. The van der Waals surface area contributed by atoms with E-state index in [1.54, 1.807) is 6.20 Å². The van der Waals surface area contributed by atoms with Crippen molar-refractivity contribution in [2.24, 2.45) is 0 Å². The van der Waals surface area contributed by atoms with E-state index in [9.17, 15) is 0 Å². The molecular weight excluding hydrogens is 178 g/mol. The molecule has 2 rings (SSSR count). The molecule has 2 heterocycles. The molecule has 0 spiro atoms. The minimum absolute atomic E-state index is 0.167. The Morgan fingerprint density at radius 1 is 1.50 bits per heavy atom. The fraction of sp³-hybridized carbons (Fsp3) is 0.300. The number of aliphatic hydroxyl groups excluding tert-OH is 1. The largest absolute Gasteiger partial charge is 0.395 e. The highest BCUT2D eigenvalue weighted by atomic mass is 16.3. The van der Waals surface area contributed by atoms with Crippen molar-refractivity contribution in [3.05, 3.63) is 30.1 Å². The zero-order valence-corrected chi connectivity index (χ0v) is 7.83. The second-order valence-electron chi connectivity index (χ2n) is 3.11. The molecular formula is C10H13N3O. The van der Waals surface area contributed by atoms with Crippen molar-refractivity contribution in [1.29, 1.82) is 0 Å². The Kier molecular flexibility index (Phi) is 2.76. The van der Waals surface area contributed by atoms with Crippen LogP contribution in [0.4, 0.5) is 0 Å².